The molecule has 1 fully saturated rings. The summed E-state index contributed by atoms with van der Waals surface area (Å²) < 4.78 is 10.4. The lowest BCUT2D eigenvalue weighted by atomic mass is 10.1. The third kappa shape index (κ3) is 3.17. The van der Waals surface area contributed by atoms with Crippen LogP contribution in [-0.4, -0.2) is 42.8 Å². The normalized spacial score (nSPS) is 19.4. The van der Waals surface area contributed by atoms with E-state index in [0.29, 0.717) is 6.54 Å². The van der Waals surface area contributed by atoms with Crippen LogP contribution in [0.15, 0.2) is 18.2 Å². The number of hydrogen-bond acceptors (Lipinski definition) is 4. The van der Waals surface area contributed by atoms with Crippen molar-refractivity contribution < 1.29 is 19.4 Å². The summed E-state index contributed by atoms with van der Waals surface area (Å²) in [5.74, 6) is 0.702. The zero-order valence-electron chi connectivity index (χ0n) is 11.3. The summed E-state index contributed by atoms with van der Waals surface area (Å²) in [7, 11) is 3.21. The molecule has 1 unspecified atom stereocenters. The lowest BCUT2D eigenvalue weighted by molar-refractivity contribution is -0.142. The van der Waals surface area contributed by atoms with Crippen LogP contribution >= 0.6 is 0 Å². The molecule has 5 nitrogen and oxygen atoms in total. The van der Waals surface area contributed by atoms with Crippen LogP contribution in [-0.2, 0) is 11.3 Å². The predicted octanol–water partition coefficient (Wildman–Crippen LogP) is 1.75. The minimum Gasteiger partial charge on any atom is -0.497 e. The molecule has 1 atom stereocenters. The maximum atomic E-state index is 11.2. The van der Waals surface area contributed by atoms with Crippen LogP contribution < -0.4 is 9.47 Å². The average molecular weight is 265 g/mol. The molecule has 0 bridgehead atoms. The number of nitrogens with zero attached hydrogens (tertiary/aromatic N) is 1. The number of rotatable bonds is 5. The Labute approximate surface area is 112 Å². The summed E-state index contributed by atoms with van der Waals surface area (Å²) in [6.07, 6.45) is 1.65. The van der Waals surface area contributed by atoms with E-state index >= 15 is 0 Å². The fourth-order valence-corrected chi connectivity index (χ4v) is 2.49. The molecule has 0 aliphatic carbocycles. The smallest absolute Gasteiger partial charge is 0.320 e. The molecule has 0 saturated carbocycles. The van der Waals surface area contributed by atoms with Crippen LogP contribution in [0.4, 0.5) is 0 Å². The second kappa shape index (κ2) is 5.93. The van der Waals surface area contributed by atoms with Gasteiger partial charge in [0, 0.05) is 12.6 Å². The largest absolute Gasteiger partial charge is 0.497 e. The van der Waals surface area contributed by atoms with E-state index in [4.69, 9.17) is 9.47 Å². The molecule has 1 heterocycles. The first kappa shape index (κ1) is 13.7. The highest BCUT2D eigenvalue weighted by atomic mass is 16.5. The van der Waals surface area contributed by atoms with E-state index < -0.39 is 5.97 Å². The molecule has 0 radical (unpaired) electrons. The third-order valence-electron chi connectivity index (χ3n) is 3.45. The zero-order chi connectivity index (χ0) is 13.8. The van der Waals surface area contributed by atoms with Crippen molar-refractivity contribution in [2.45, 2.75) is 25.4 Å². The molecule has 1 aliphatic rings. The maximum Gasteiger partial charge on any atom is 0.320 e. The second-order valence-electron chi connectivity index (χ2n) is 4.69. The van der Waals surface area contributed by atoms with Crippen LogP contribution in [0.25, 0.3) is 0 Å². The van der Waals surface area contributed by atoms with Crippen molar-refractivity contribution in [1.29, 1.82) is 0 Å². The van der Waals surface area contributed by atoms with Gasteiger partial charge in [-0.2, -0.15) is 0 Å². The Morgan fingerprint density at radius 3 is 2.47 bits per heavy atom. The van der Waals surface area contributed by atoms with Gasteiger partial charge in [0.15, 0.2) is 0 Å². The number of methoxy groups -OCH3 is 2. The highest BCUT2D eigenvalue weighted by Crippen LogP contribution is 2.26. The van der Waals surface area contributed by atoms with Crippen LogP contribution in [0.1, 0.15) is 18.4 Å². The van der Waals surface area contributed by atoms with Crippen molar-refractivity contribution in [3.8, 4) is 11.5 Å². The number of aliphatic carboxylic acids is 1. The van der Waals surface area contributed by atoms with Crippen molar-refractivity contribution in [2.75, 3.05) is 20.8 Å². The van der Waals surface area contributed by atoms with Crippen molar-refractivity contribution in [3.63, 3.8) is 0 Å². The van der Waals surface area contributed by atoms with Gasteiger partial charge in [-0.3, -0.25) is 9.69 Å². The Balaban J connectivity index is 2.16. The number of benzene rings is 1. The lowest BCUT2D eigenvalue weighted by Gasteiger charge is -2.21. The van der Waals surface area contributed by atoms with Gasteiger partial charge in [-0.1, -0.05) is 0 Å². The highest BCUT2D eigenvalue weighted by molar-refractivity contribution is 5.73. The van der Waals surface area contributed by atoms with Gasteiger partial charge in [0.05, 0.1) is 14.2 Å². The van der Waals surface area contributed by atoms with Gasteiger partial charge in [-0.25, -0.2) is 0 Å². The fraction of sp³-hybridized carbons (Fsp3) is 0.500. The molecule has 2 rings (SSSR count). The van der Waals surface area contributed by atoms with E-state index in [-0.39, 0.29) is 6.04 Å². The monoisotopic (exact) mass is 265 g/mol. The molecular formula is C14H19NO4. The minimum absolute atomic E-state index is 0.378. The number of carboxylic acid groups (broad SMARTS) is 1. The minimum atomic E-state index is -0.743. The molecule has 0 spiro atoms. The summed E-state index contributed by atoms with van der Waals surface area (Å²) in [5, 5.41) is 9.17. The first-order chi connectivity index (χ1) is 9.13. The molecule has 19 heavy (non-hydrogen) atoms. The summed E-state index contributed by atoms with van der Waals surface area (Å²) in [6, 6.07) is 5.26. The van der Waals surface area contributed by atoms with Gasteiger partial charge in [0.1, 0.15) is 17.5 Å². The molecule has 1 saturated heterocycles. The van der Waals surface area contributed by atoms with Crippen LogP contribution in [0.2, 0.25) is 0 Å². The third-order valence-corrected chi connectivity index (χ3v) is 3.45. The van der Waals surface area contributed by atoms with E-state index in [1.54, 1.807) is 14.2 Å². The van der Waals surface area contributed by atoms with Crippen LogP contribution in [0, 0.1) is 0 Å². The maximum absolute atomic E-state index is 11.2. The van der Waals surface area contributed by atoms with E-state index in [1.165, 1.54) is 0 Å². The van der Waals surface area contributed by atoms with Crippen LogP contribution in [0.3, 0.4) is 0 Å². The lowest BCUT2D eigenvalue weighted by Crippen LogP contribution is -2.35. The van der Waals surface area contributed by atoms with E-state index in [9.17, 15) is 9.90 Å². The first-order valence-electron chi connectivity index (χ1n) is 6.33. The van der Waals surface area contributed by atoms with Gasteiger partial charge in [-0.05, 0) is 37.1 Å². The Bertz CT molecular complexity index is 439. The summed E-state index contributed by atoms with van der Waals surface area (Å²) in [4.78, 5) is 13.1. The molecule has 104 valence electrons. The topological polar surface area (TPSA) is 59.0 Å². The molecule has 5 heteroatoms. The number of hydrogen-bond donors (Lipinski definition) is 1. The SMILES string of the molecule is COc1cc(CN2CCCC2C(=O)O)cc(OC)c1. The Hall–Kier alpha value is -1.75. The van der Waals surface area contributed by atoms with Gasteiger partial charge in [0.2, 0.25) is 0 Å². The van der Waals surface area contributed by atoms with Crippen molar-refractivity contribution in [2.24, 2.45) is 0 Å². The van der Waals surface area contributed by atoms with E-state index in [1.807, 2.05) is 23.1 Å². The van der Waals surface area contributed by atoms with E-state index in [0.717, 1.165) is 36.4 Å². The summed E-state index contributed by atoms with van der Waals surface area (Å²) in [6.45, 7) is 1.42. The Morgan fingerprint density at radius 2 is 1.95 bits per heavy atom. The number of ether oxygens (including phenoxy) is 2. The number of likely N-dealkylation sites (tertiary alicyclic amines) is 1. The molecule has 1 N–H and O–H groups in total. The Morgan fingerprint density at radius 1 is 1.32 bits per heavy atom. The molecule has 1 aromatic carbocycles. The van der Waals surface area contributed by atoms with Crippen molar-refractivity contribution in [3.05, 3.63) is 23.8 Å². The van der Waals surface area contributed by atoms with Gasteiger partial charge < -0.3 is 14.6 Å². The second-order valence-corrected chi connectivity index (χ2v) is 4.69. The standard InChI is InChI=1S/C14H19NO4/c1-18-11-6-10(7-12(8-11)19-2)9-15-5-3-4-13(15)14(16)17/h6-8,13H,3-5,9H2,1-2H3,(H,16,17). The molecule has 1 aromatic rings. The van der Waals surface area contributed by atoms with Gasteiger partial charge >= 0.3 is 5.97 Å². The first-order valence-corrected chi connectivity index (χ1v) is 6.33. The fourth-order valence-electron chi connectivity index (χ4n) is 2.49. The van der Waals surface area contributed by atoms with Gasteiger partial charge in [-0.15, -0.1) is 0 Å². The Kier molecular flexibility index (Phi) is 4.27. The quantitative estimate of drug-likeness (QED) is 0.879. The van der Waals surface area contributed by atoms with Crippen molar-refractivity contribution >= 4 is 5.97 Å². The molecular weight excluding hydrogens is 246 g/mol. The summed E-state index contributed by atoms with van der Waals surface area (Å²) >= 11 is 0. The van der Waals surface area contributed by atoms with Crippen LogP contribution in [0.5, 0.6) is 11.5 Å². The molecule has 0 aromatic heterocycles. The average Bonchev–Trinajstić information content (AvgIpc) is 2.86. The predicted molar refractivity (Wildman–Crippen MR) is 70.6 cm³/mol. The highest BCUT2D eigenvalue weighted by Gasteiger charge is 2.30. The summed E-state index contributed by atoms with van der Waals surface area (Å²) in [5.41, 5.74) is 1.00. The van der Waals surface area contributed by atoms with Crippen molar-refractivity contribution in [1.82, 2.24) is 4.90 Å². The molecule has 0 amide bonds. The van der Waals surface area contributed by atoms with E-state index in [2.05, 4.69) is 0 Å². The number of carbonyl (C=O) groups is 1. The number of carboxylic acids is 1. The molecule has 1 aliphatic heterocycles. The van der Waals surface area contributed by atoms with Gasteiger partial charge in [0.25, 0.3) is 0 Å². The zero-order valence-corrected chi connectivity index (χ0v) is 11.3.